The summed E-state index contributed by atoms with van der Waals surface area (Å²) in [6.45, 7) is 0.219. The van der Waals surface area contributed by atoms with E-state index in [1.807, 2.05) is 0 Å². The quantitative estimate of drug-likeness (QED) is 0.943. The maximum atomic E-state index is 13.3. The third kappa shape index (κ3) is 2.99. The molecule has 1 aromatic heterocycles. The number of halogens is 2. The molecule has 0 bridgehead atoms. The first-order valence-corrected chi connectivity index (χ1v) is 6.77. The van der Waals surface area contributed by atoms with Crippen LogP contribution in [0.25, 0.3) is 0 Å². The van der Waals surface area contributed by atoms with Gasteiger partial charge in [-0.3, -0.25) is 4.79 Å². The number of hydrogen-bond acceptors (Lipinski definition) is 3. The molecule has 6 heteroatoms. The molecular weight excluding hydrogens is 281 g/mol. The third-order valence-electron chi connectivity index (χ3n) is 3.13. The van der Waals surface area contributed by atoms with Gasteiger partial charge in [0.05, 0.1) is 23.5 Å². The highest BCUT2D eigenvalue weighted by atomic mass is 35.5. The van der Waals surface area contributed by atoms with Crippen molar-refractivity contribution in [2.75, 3.05) is 5.32 Å². The van der Waals surface area contributed by atoms with Crippen LogP contribution < -0.4 is 10.9 Å². The van der Waals surface area contributed by atoms with Gasteiger partial charge < -0.3 is 5.32 Å². The SMILES string of the molecule is O=c1cc(NC2CC2)cnn1Cc1ccc(Cl)c(F)c1. The molecule has 1 N–H and O–H groups in total. The number of nitrogens with one attached hydrogen (secondary N) is 1. The zero-order chi connectivity index (χ0) is 14.1. The van der Waals surface area contributed by atoms with Gasteiger partial charge >= 0.3 is 0 Å². The molecule has 2 aromatic rings. The Balaban J connectivity index is 1.79. The summed E-state index contributed by atoms with van der Waals surface area (Å²) in [5, 5.41) is 7.37. The minimum absolute atomic E-state index is 0.0676. The molecule has 0 amide bonds. The summed E-state index contributed by atoms with van der Waals surface area (Å²) in [4.78, 5) is 11.9. The molecule has 1 fully saturated rings. The maximum Gasteiger partial charge on any atom is 0.269 e. The second-order valence-corrected chi connectivity index (χ2v) is 5.31. The van der Waals surface area contributed by atoms with E-state index in [1.165, 1.54) is 22.9 Å². The van der Waals surface area contributed by atoms with E-state index in [2.05, 4.69) is 10.4 Å². The molecule has 1 aromatic carbocycles. The van der Waals surface area contributed by atoms with Crippen molar-refractivity contribution in [3.05, 3.63) is 57.2 Å². The Morgan fingerprint density at radius 1 is 1.40 bits per heavy atom. The standard InChI is InChI=1S/C14H13ClFN3O/c15-12-4-1-9(5-13(12)16)8-19-14(20)6-11(7-17-19)18-10-2-3-10/h1,4-7,10,18H,2-3,8H2. The number of benzene rings is 1. The fourth-order valence-corrected chi connectivity index (χ4v) is 2.02. The van der Waals surface area contributed by atoms with Gasteiger partial charge in [-0.15, -0.1) is 0 Å². The average molecular weight is 294 g/mol. The molecule has 0 unspecified atom stereocenters. The molecule has 4 nitrogen and oxygen atoms in total. The van der Waals surface area contributed by atoms with Crippen molar-refractivity contribution in [3.8, 4) is 0 Å². The van der Waals surface area contributed by atoms with Crippen LogP contribution in [0.15, 0.2) is 35.3 Å². The summed E-state index contributed by atoms with van der Waals surface area (Å²) in [7, 11) is 0. The summed E-state index contributed by atoms with van der Waals surface area (Å²) in [6, 6.07) is 6.44. The van der Waals surface area contributed by atoms with Gasteiger partial charge in [0.2, 0.25) is 0 Å². The second-order valence-electron chi connectivity index (χ2n) is 4.91. The predicted molar refractivity (Wildman–Crippen MR) is 75.7 cm³/mol. The lowest BCUT2D eigenvalue weighted by Gasteiger charge is -2.07. The van der Waals surface area contributed by atoms with Crippen LogP contribution in [-0.4, -0.2) is 15.8 Å². The van der Waals surface area contributed by atoms with Crippen LogP contribution >= 0.6 is 11.6 Å². The lowest BCUT2D eigenvalue weighted by atomic mass is 10.2. The summed E-state index contributed by atoms with van der Waals surface area (Å²) < 4.78 is 14.6. The van der Waals surface area contributed by atoms with Crippen LogP contribution in [0, 0.1) is 5.82 Å². The summed E-state index contributed by atoms with van der Waals surface area (Å²) >= 11 is 5.62. The van der Waals surface area contributed by atoms with Crippen LogP contribution in [0.1, 0.15) is 18.4 Å². The molecule has 104 valence electrons. The lowest BCUT2D eigenvalue weighted by molar-refractivity contribution is 0.611. The normalized spacial score (nSPS) is 14.3. The van der Waals surface area contributed by atoms with E-state index in [0.29, 0.717) is 11.6 Å². The Morgan fingerprint density at radius 2 is 2.20 bits per heavy atom. The Kier molecular flexibility index (Phi) is 3.44. The van der Waals surface area contributed by atoms with Crippen molar-refractivity contribution in [1.29, 1.82) is 0 Å². The average Bonchev–Trinajstić information content (AvgIpc) is 3.21. The second kappa shape index (κ2) is 5.25. The molecule has 0 atom stereocenters. The highest BCUT2D eigenvalue weighted by Gasteiger charge is 2.21. The van der Waals surface area contributed by atoms with Crippen LogP contribution in [0.4, 0.5) is 10.1 Å². The van der Waals surface area contributed by atoms with Gasteiger partial charge in [0.15, 0.2) is 0 Å². The van der Waals surface area contributed by atoms with E-state index in [1.54, 1.807) is 12.3 Å². The highest BCUT2D eigenvalue weighted by Crippen LogP contribution is 2.23. The number of nitrogens with zero attached hydrogens (tertiary/aromatic N) is 2. The van der Waals surface area contributed by atoms with E-state index in [0.717, 1.165) is 18.5 Å². The number of anilines is 1. The lowest BCUT2D eigenvalue weighted by Crippen LogP contribution is -2.23. The van der Waals surface area contributed by atoms with Gasteiger partial charge in [-0.25, -0.2) is 9.07 Å². The first-order chi connectivity index (χ1) is 9.61. The molecule has 0 aliphatic heterocycles. The minimum atomic E-state index is -0.496. The van der Waals surface area contributed by atoms with Crippen molar-refractivity contribution < 1.29 is 4.39 Å². The molecular formula is C14H13ClFN3O. The molecule has 0 radical (unpaired) electrons. The van der Waals surface area contributed by atoms with Gasteiger partial charge in [-0.05, 0) is 30.5 Å². The zero-order valence-electron chi connectivity index (χ0n) is 10.6. The Hall–Kier alpha value is -1.88. The molecule has 1 heterocycles. The van der Waals surface area contributed by atoms with E-state index >= 15 is 0 Å². The zero-order valence-corrected chi connectivity index (χ0v) is 11.4. The van der Waals surface area contributed by atoms with Gasteiger partial charge in [0.25, 0.3) is 5.56 Å². The van der Waals surface area contributed by atoms with E-state index in [9.17, 15) is 9.18 Å². The molecule has 1 aliphatic carbocycles. The summed E-state index contributed by atoms with van der Waals surface area (Å²) in [5.41, 5.74) is 1.16. The van der Waals surface area contributed by atoms with Crippen molar-refractivity contribution in [2.24, 2.45) is 0 Å². The summed E-state index contributed by atoms with van der Waals surface area (Å²) in [5.74, 6) is -0.496. The fourth-order valence-electron chi connectivity index (χ4n) is 1.91. The molecule has 0 spiro atoms. The van der Waals surface area contributed by atoms with E-state index in [4.69, 9.17) is 11.6 Å². The van der Waals surface area contributed by atoms with E-state index in [-0.39, 0.29) is 17.1 Å². The first kappa shape index (κ1) is 13.1. The van der Waals surface area contributed by atoms with Gasteiger partial charge in [0, 0.05) is 12.1 Å². The van der Waals surface area contributed by atoms with Crippen LogP contribution in [0.5, 0.6) is 0 Å². The Labute approximate surface area is 120 Å². The van der Waals surface area contributed by atoms with Crippen molar-refractivity contribution in [2.45, 2.75) is 25.4 Å². The highest BCUT2D eigenvalue weighted by molar-refractivity contribution is 6.30. The Bertz CT molecular complexity index is 697. The molecule has 3 rings (SSSR count). The molecule has 1 saturated carbocycles. The third-order valence-corrected chi connectivity index (χ3v) is 3.44. The number of aromatic nitrogens is 2. The summed E-state index contributed by atoms with van der Waals surface area (Å²) in [6.07, 6.45) is 3.88. The molecule has 20 heavy (non-hydrogen) atoms. The van der Waals surface area contributed by atoms with Crippen molar-refractivity contribution in [1.82, 2.24) is 9.78 Å². The monoisotopic (exact) mass is 293 g/mol. The van der Waals surface area contributed by atoms with Gasteiger partial charge in [-0.1, -0.05) is 17.7 Å². The maximum absolute atomic E-state index is 13.3. The minimum Gasteiger partial charge on any atom is -0.381 e. The van der Waals surface area contributed by atoms with Gasteiger partial charge in [0.1, 0.15) is 5.82 Å². The van der Waals surface area contributed by atoms with E-state index < -0.39 is 5.82 Å². The molecule has 1 aliphatic rings. The topological polar surface area (TPSA) is 46.9 Å². The number of hydrogen-bond donors (Lipinski definition) is 1. The van der Waals surface area contributed by atoms with Crippen molar-refractivity contribution >= 4 is 17.3 Å². The van der Waals surface area contributed by atoms with Crippen LogP contribution in [-0.2, 0) is 6.54 Å². The number of rotatable bonds is 4. The van der Waals surface area contributed by atoms with Crippen LogP contribution in [0.3, 0.4) is 0 Å². The Morgan fingerprint density at radius 3 is 2.85 bits per heavy atom. The smallest absolute Gasteiger partial charge is 0.269 e. The van der Waals surface area contributed by atoms with Crippen LogP contribution in [0.2, 0.25) is 5.02 Å². The van der Waals surface area contributed by atoms with Crippen molar-refractivity contribution in [3.63, 3.8) is 0 Å². The predicted octanol–water partition coefficient (Wildman–Crippen LogP) is 2.66. The largest absolute Gasteiger partial charge is 0.381 e. The van der Waals surface area contributed by atoms with Gasteiger partial charge in [-0.2, -0.15) is 5.10 Å². The fraction of sp³-hybridized carbons (Fsp3) is 0.286. The molecule has 0 saturated heterocycles. The first-order valence-electron chi connectivity index (χ1n) is 6.39.